The van der Waals surface area contributed by atoms with Crippen LogP contribution in [0.5, 0.6) is 11.5 Å². The highest BCUT2D eigenvalue weighted by molar-refractivity contribution is 7.99. The molecule has 1 amide bonds. The number of thioether (sulfide) groups is 1. The smallest absolute Gasteiger partial charge is 0.239 e. The van der Waals surface area contributed by atoms with Gasteiger partial charge in [-0.1, -0.05) is 149 Å². The van der Waals surface area contributed by atoms with Gasteiger partial charge in [0.2, 0.25) is 11.7 Å². The molecule has 1 fully saturated rings. The molecule has 2 aliphatic carbocycles. The Morgan fingerprint density at radius 2 is 1.59 bits per heavy atom. The molecular formula is C59H78N2O7S. The van der Waals surface area contributed by atoms with Gasteiger partial charge in [-0.05, 0) is 96.2 Å². The molecule has 4 aromatic rings. The van der Waals surface area contributed by atoms with Gasteiger partial charge in [-0.2, -0.15) is 0 Å². The number of ether oxygens (including phenoxy) is 3. The van der Waals surface area contributed by atoms with E-state index in [0.717, 1.165) is 95.4 Å². The van der Waals surface area contributed by atoms with Crippen LogP contribution in [-0.2, 0) is 20.9 Å². The van der Waals surface area contributed by atoms with Crippen LogP contribution in [0.4, 0.5) is 0 Å². The molecule has 4 aromatic carbocycles. The fourth-order valence-electron chi connectivity index (χ4n) is 11.4. The van der Waals surface area contributed by atoms with Gasteiger partial charge >= 0.3 is 0 Å². The van der Waals surface area contributed by atoms with Gasteiger partial charge in [0.1, 0.15) is 24.7 Å². The highest BCUT2D eigenvalue weighted by Crippen LogP contribution is 2.62. The van der Waals surface area contributed by atoms with Gasteiger partial charge in [0.05, 0.1) is 24.8 Å². The van der Waals surface area contributed by atoms with Gasteiger partial charge in [0.15, 0.2) is 0 Å². The second kappa shape index (κ2) is 27.1. The van der Waals surface area contributed by atoms with Crippen molar-refractivity contribution >= 4 is 34.2 Å². The average Bonchev–Trinajstić information content (AvgIpc) is 3.37. The summed E-state index contributed by atoms with van der Waals surface area (Å²) in [6.07, 6.45) is 20.3. The summed E-state index contributed by atoms with van der Waals surface area (Å²) in [6, 6.07) is 30.8. The van der Waals surface area contributed by atoms with E-state index in [1.165, 1.54) is 43.4 Å². The van der Waals surface area contributed by atoms with Crippen molar-refractivity contribution in [1.82, 2.24) is 4.90 Å². The number of allylic oxidation sites excluding steroid dienone is 1. The van der Waals surface area contributed by atoms with Crippen molar-refractivity contribution in [3.05, 3.63) is 126 Å². The summed E-state index contributed by atoms with van der Waals surface area (Å²) >= 11 is 1.77. The average molecular weight is 959 g/mol. The summed E-state index contributed by atoms with van der Waals surface area (Å²) in [6.45, 7) is 7.77. The molecule has 7 rings (SSSR count). The summed E-state index contributed by atoms with van der Waals surface area (Å²) in [5.74, 6) is 0.783. The zero-order valence-electron chi connectivity index (χ0n) is 41.4. The molecule has 2 N–H and O–H groups in total. The van der Waals surface area contributed by atoms with Crippen molar-refractivity contribution in [1.29, 1.82) is 0 Å². The van der Waals surface area contributed by atoms with Gasteiger partial charge in [0, 0.05) is 54.7 Å². The quantitative estimate of drug-likeness (QED) is 0.0230. The number of hydrogen-bond acceptors (Lipinski definition) is 9. The van der Waals surface area contributed by atoms with Gasteiger partial charge in [-0.15, -0.1) is 18.3 Å². The lowest BCUT2D eigenvalue weighted by atomic mass is 9.55. The third kappa shape index (κ3) is 13.2. The Hall–Kier alpha value is -4.61. The first-order valence-electron chi connectivity index (χ1n) is 26.1. The molecule has 372 valence electrons. The minimum atomic E-state index is -1.33. The summed E-state index contributed by atoms with van der Waals surface area (Å²) in [5.41, 5.74) is 3.94. The molecule has 1 aliphatic heterocycles. The summed E-state index contributed by atoms with van der Waals surface area (Å²) < 4.78 is 21.4. The van der Waals surface area contributed by atoms with E-state index >= 15 is 4.79 Å². The standard InChI is InChI=1S/C59H78N2O7S/c1-4-6-7-8-9-10-11-12-16-32-56(64)61(43-46-27-23-26-44-24-17-18-30-49(44)46)55-42-53(60-65-3)51-40-45(25-19-21-35-62)50(31-20-22-36-63)57-52-41-47(66-38-39-69-48-28-14-13-15-29-48)33-34-54(52)68-59(55,58(51)57)67-37-5-2/h5,13-15,17-18,23-24,26-30,33-34,40-41,45,50,55,57-58,62-63H,2,4,6-12,16,19-22,25,31-32,35-39,42-43H2,1,3H3/t45-,50+,55-,57+,58+,59+/m0/s1. The highest BCUT2D eigenvalue weighted by Gasteiger charge is 2.65. The normalized spacial score (nSPS) is 22.1. The number of rotatable bonds is 30. The molecule has 69 heavy (non-hydrogen) atoms. The minimum Gasteiger partial charge on any atom is -0.493 e. The zero-order chi connectivity index (χ0) is 48.3. The molecule has 0 aromatic heterocycles. The number of fused-ring (bicyclic) bond motifs is 3. The monoisotopic (exact) mass is 959 g/mol. The van der Waals surface area contributed by atoms with E-state index in [0.29, 0.717) is 38.8 Å². The predicted octanol–water partition coefficient (Wildman–Crippen LogP) is 13.2. The van der Waals surface area contributed by atoms with E-state index in [2.05, 4.69) is 97.3 Å². The number of unbranched alkanes of at least 4 members (excludes halogenated alkanes) is 10. The van der Waals surface area contributed by atoms with Crippen LogP contribution in [-0.4, -0.2) is 77.9 Å². The predicted molar refractivity (Wildman–Crippen MR) is 281 cm³/mol. The van der Waals surface area contributed by atoms with Crippen LogP contribution in [0.2, 0.25) is 0 Å². The lowest BCUT2D eigenvalue weighted by Crippen LogP contribution is -2.70. The third-order valence-corrected chi connectivity index (χ3v) is 15.6. The first-order valence-corrected chi connectivity index (χ1v) is 27.1. The van der Waals surface area contributed by atoms with E-state index in [4.69, 9.17) is 24.2 Å². The van der Waals surface area contributed by atoms with Crippen molar-refractivity contribution in [2.75, 3.05) is 39.3 Å². The van der Waals surface area contributed by atoms with Crippen LogP contribution in [0, 0.1) is 17.8 Å². The van der Waals surface area contributed by atoms with Crippen LogP contribution in [0.3, 0.4) is 0 Å². The lowest BCUT2D eigenvalue weighted by Gasteiger charge is -2.60. The van der Waals surface area contributed by atoms with Crippen LogP contribution < -0.4 is 9.47 Å². The number of nitrogens with zero attached hydrogens (tertiary/aromatic N) is 2. The van der Waals surface area contributed by atoms with Crippen molar-refractivity contribution in [3.63, 3.8) is 0 Å². The first-order chi connectivity index (χ1) is 34.0. The number of oxime groups is 1. The molecule has 9 nitrogen and oxygen atoms in total. The molecule has 1 heterocycles. The van der Waals surface area contributed by atoms with Gasteiger partial charge in [-0.25, -0.2) is 0 Å². The first kappa shape index (κ1) is 52.2. The fraction of sp³-hybridized carbons (Fsp3) is 0.525. The number of benzene rings is 4. The van der Waals surface area contributed by atoms with E-state index in [-0.39, 0.29) is 49.4 Å². The Balaban J connectivity index is 1.33. The maximum absolute atomic E-state index is 15.4. The van der Waals surface area contributed by atoms with Gasteiger partial charge in [-0.3, -0.25) is 4.79 Å². The van der Waals surface area contributed by atoms with E-state index < -0.39 is 11.8 Å². The Bertz CT molecular complexity index is 2280. The number of carbonyl (C=O) groups is 1. The highest BCUT2D eigenvalue weighted by atomic mass is 32.2. The van der Waals surface area contributed by atoms with Crippen LogP contribution in [0.1, 0.15) is 133 Å². The maximum Gasteiger partial charge on any atom is 0.239 e. The van der Waals surface area contributed by atoms with Crippen molar-refractivity contribution < 1.29 is 34.1 Å². The van der Waals surface area contributed by atoms with Crippen LogP contribution >= 0.6 is 11.8 Å². The second-order valence-corrected chi connectivity index (χ2v) is 20.4. The Morgan fingerprint density at radius 3 is 2.35 bits per heavy atom. The summed E-state index contributed by atoms with van der Waals surface area (Å²) in [7, 11) is 1.60. The third-order valence-electron chi connectivity index (χ3n) is 14.6. The van der Waals surface area contributed by atoms with E-state index in [9.17, 15) is 10.2 Å². The van der Waals surface area contributed by atoms with E-state index in [1.54, 1.807) is 24.9 Å². The molecule has 3 aliphatic rings. The molecule has 0 spiro atoms. The SMILES string of the molecule is C=CCO[C@@]12Oc3ccc(OCCSc4ccccc4)cc3[C@H]3[C@H](CCCCO)[C@@H](CCCCO)C=C(C(=NOC)C[C@@H]1N(Cc1cccc4ccccc14)C(=O)CCCCCCCCCCC)[C@H]32. The maximum atomic E-state index is 15.4. The Labute approximate surface area is 416 Å². The molecule has 0 unspecified atom stereocenters. The number of carbonyl (C=O) groups excluding carboxylic acids is 1. The molecule has 6 atom stereocenters. The van der Waals surface area contributed by atoms with Gasteiger partial charge < -0.3 is 34.2 Å². The number of hydrogen-bond donors (Lipinski definition) is 2. The zero-order valence-corrected chi connectivity index (χ0v) is 42.2. The largest absolute Gasteiger partial charge is 0.493 e. The van der Waals surface area contributed by atoms with Crippen molar-refractivity contribution in [2.24, 2.45) is 22.9 Å². The second-order valence-electron chi connectivity index (χ2n) is 19.2. The van der Waals surface area contributed by atoms with Crippen LogP contribution in [0.25, 0.3) is 10.8 Å². The Kier molecular flexibility index (Phi) is 20.5. The minimum absolute atomic E-state index is 0.0712. The topological polar surface area (TPSA) is 110 Å². The number of aliphatic hydroxyl groups is 2. The molecule has 10 heteroatoms. The molecule has 0 saturated heterocycles. The number of aliphatic hydroxyl groups excluding tert-OH is 2. The molecule has 0 bridgehead atoms. The fourth-order valence-corrected chi connectivity index (χ4v) is 12.2. The van der Waals surface area contributed by atoms with Crippen LogP contribution in [0.15, 0.2) is 125 Å². The van der Waals surface area contributed by atoms with Gasteiger partial charge in [0.25, 0.3) is 0 Å². The molecular weight excluding hydrogens is 881 g/mol. The molecule has 1 saturated carbocycles. The molecule has 0 radical (unpaired) electrons. The van der Waals surface area contributed by atoms with E-state index in [1.807, 2.05) is 18.2 Å². The summed E-state index contributed by atoms with van der Waals surface area (Å²) in [4.78, 5) is 24.4. The van der Waals surface area contributed by atoms with Crippen molar-refractivity contribution in [3.8, 4) is 11.5 Å². The number of amides is 1. The van der Waals surface area contributed by atoms with Crippen molar-refractivity contribution in [2.45, 2.75) is 145 Å². The lowest BCUT2D eigenvalue weighted by molar-refractivity contribution is -0.258. The Morgan fingerprint density at radius 1 is 0.870 bits per heavy atom. The summed E-state index contributed by atoms with van der Waals surface area (Å²) in [5, 5.41) is 27.1.